The van der Waals surface area contributed by atoms with E-state index >= 15 is 0 Å². The first-order valence-corrected chi connectivity index (χ1v) is 11.0. The molecule has 3 aromatic carbocycles. The van der Waals surface area contributed by atoms with Crippen LogP contribution in [0.1, 0.15) is 45.7 Å². The third-order valence-electron chi connectivity index (χ3n) is 6.27. The monoisotopic (exact) mass is 410 g/mol. The molecular weight excluding hydrogens is 380 g/mol. The summed E-state index contributed by atoms with van der Waals surface area (Å²) >= 11 is 0. The van der Waals surface area contributed by atoms with Gasteiger partial charge in [0.15, 0.2) is 0 Å². The van der Waals surface area contributed by atoms with Crippen LogP contribution in [0.2, 0.25) is 0 Å². The van der Waals surface area contributed by atoms with Crippen molar-refractivity contribution in [3.8, 4) is 0 Å². The molecule has 31 heavy (non-hydrogen) atoms. The number of rotatable bonds is 3. The lowest BCUT2D eigenvalue weighted by Gasteiger charge is -2.25. The summed E-state index contributed by atoms with van der Waals surface area (Å²) in [7, 11) is 0. The van der Waals surface area contributed by atoms with E-state index < -0.39 is 0 Å². The molecule has 0 saturated carbocycles. The van der Waals surface area contributed by atoms with E-state index in [1.807, 2.05) is 0 Å². The number of nitrogens with zero attached hydrogens (tertiary/aromatic N) is 2. The number of anilines is 4. The van der Waals surface area contributed by atoms with Gasteiger partial charge in [0.05, 0.1) is 22.4 Å². The second-order valence-electron chi connectivity index (χ2n) is 10.2. The number of para-hydroxylation sites is 3. The van der Waals surface area contributed by atoms with Crippen LogP contribution in [0.15, 0.2) is 66.7 Å². The first-order valence-electron chi connectivity index (χ1n) is 11.0. The van der Waals surface area contributed by atoms with Gasteiger partial charge in [-0.2, -0.15) is 0 Å². The van der Waals surface area contributed by atoms with Crippen molar-refractivity contribution in [1.29, 1.82) is 0 Å². The normalized spacial score (nSPS) is 15.3. The zero-order valence-corrected chi connectivity index (χ0v) is 19.0. The molecule has 5 rings (SSSR count). The Bertz CT molecular complexity index is 1260. The van der Waals surface area contributed by atoms with Crippen molar-refractivity contribution in [2.45, 2.75) is 45.4 Å². The molecule has 1 aromatic heterocycles. The van der Waals surface area contributed by atoms with Gasteiger partial charge in [-0.05, 0) is 46.9 Å². The predicted molar refractivity (Wildman–Crippen MR) is 131 cm³/mol. The molecule has 1 aliphatic rings. The van der Waals surface area contributed by atoms with Crippen molar-refractivity contribution in [3.05, 3.63) is 77.9 Å². The van der Waals surface area contributed by atoms with E-state index in [0.29, 0.717) is 0 Å². The number of hydrogen-bond donors (Lipinski definition) is 2. The quantitative estimate of drug-likeness (QED) is 0.381. The Morgan fingerprint density at radius 3 is 2.42 bits per heavy atom. The van der Waals surface area contributed by atoms with Crippen molar-refractivity contribution >= 4 is 34.0 Å². The molecule has 2 N–H and O–H groups in total. The van der Waals surface area contributed by atoms with Crippen LogP contribution in [0.4, 0.5) is 23.0 Å². The van der Waals surface area contributed by atoms with E-state index in [0.717, 1.165) is 34.9 Å². The highest BCUT2D eigenvalue weighted by Crippen LogP contribution is 2.46. The Kier molecular flexibility index (Phi) is 4.37. The number of aromatic amines is 1. The third-order valence-corrected chi connectivity index (χ3v) is 6.27. The molecule has 0 spiro atoms. The van der Waals surface area contributed by atoms with E-state index in [4.69, 9.17) is 4.98 Å². The number of fused-ring (bicyclic) bond motifs is 2. The zero-order valence-electron chi connectivity index (χ0n) is 19.0. The Balaban J connectivity index is 1.51. The number of hydrogen-bond acceptors (Lipinski definition) is 3. The summed E-state index contributed by atoms with van der Waals surface area (Å²) in [6.07, 6.45) is 0. The topological polar surface area (TPSA) is 44.0 Å². The smallest absolute Gasteiger partial charge is 0.205 e. The van der Waals surface area contributed by atoms with E-state index in [1.165, 1.54) is 16.8 Å². The lowest BCUT2D eigenvalue weighted by atomic mass is 9.87. The van der Waals surface area contributed by atoms with Crippen molar-refractivity contribution in [1.82, 2.24) is 9.97 Å². The SMILES string of the molecule is CC(C)(C)c1ccc2nc(Nc3ccccc3N3CC(C)(C)c4ccccc43)[nH]c2c1. The second-order valence-corrected chi connectivity index (χ2v) is 10.2. The van der Waals surface area contributed by atoms with Gasteiger partial charge in [-0.3, -0.25) is 0 Å². The molecule has 0 atom stereocenters. The largest absolute Gasteiger partial charge is 0.339 e. The highest BCUT2D eigenvalue weighted by Gasteiger charge is 2.36. The Morgan fingerprint density at radius 1 is 0.935 bits per heavy atom. The summed E-state index contributed by atoms with van der Waals surface area (Å²) in [6.45, 7) is 12.3. The molecule has 0 radical (unpaired) electrons. The molecule has 0 saturated heterocycles. The van der Waals surface area contributed by atoms with Gasteiger partial charge >= 0.3 is 0 Å². The predicted octanol–water partition coefficient (Wildman–Crippen LogP) is 7.03. The van der Waals surface area contributed by atoms with Crippen LogP contribution in [0.3, 0.4) is 0 Å². The number of imidazole rings is 1. The molecule has 0 aliphatic carbocycles. The molecule has 1 aliphatic heterocycles. The van der Waals surface area contributed by atoms with Crippen LogP contribution in [-0.2, 0) is 10.8 Å². The van der Waals surface area contributed by atoms with Gasteiger partial charge in [0, 0.05) is 17.6 Å². The van der Waals surface area contributed by atoms with Crippen molar-refractivity contribution in [2.24, 2.45) is 0 Å². The molecule has 4 aromatic rings. The lowest BCUT2D eigenvalue weighted by Crippen LogP contribution is -2.25. The lowest BCUT2D eigenvalue weighted by molar-refractivity contribution is 0.569. The molecular formula is C27H30N4. The molecule has 0 amide bonds. The van der Waals surface area contributed by atoms with Gasteiger partial charge in [0.25, 0.3) is 0 Å². The second kappa shape index (κ2) is 6.88. The van der Waals surface area contributed by atoms with E-state index in [9.17, 15) is 0 Å². The maximum absolute atomic E-state index is 4.79. The van der Waals surface area contributed by atoms with Gasteiger partial charge in [-0.1, -0.05) is 71.0 Å². The summed E-state index contributed by atoms with van der Waals surface area (Å²) in [6, 6.07) is 23.7. The minimum Gasteiger partial charge on any atom is -0.339 e. The Morgan fingerprint density at radius 2 is 1.65 bits per heavy atom. The van der Waals surface area contributed by atoms with Gasteiger partial charge in [0.1, 0.15) is 0 Å². The van der Waals surface area contributed by atoms with Crippen molar-refractivity contribution in [2.75, 3.05) is 16.8 Å². The minimum absolute atomic E-state index is 0.104. The van der Waals surface area contributed by atoms with Crippen LogP contribution in [-0.4, -0.2) is 16.5 Å². The van der Waals surface area contributed by atoms with E-state index in [1.54, 1.807) is 0 Å². The van der Waals surface area contributed by atoms with E-state index in [-0.39, 0.29) is 10.8 Å². The summed E-state index contributed by atoms with van der Waals surface area (Å²) < 4.78 is 0. The number of H-pyrrole nitrogens is 1. The molecule has 0 bridgehead atoms. The number of nitrogens with one attached hydrogen (secondary N) is 2. The standard InChI is InChI=1S/C27H30N4/c1-26(2,3)18-14-15-20-22(16-18)30-25(28-20)29-21-11-7-9-13-24(21)31-17-27(4,5)19-10-6-8-12-23(19)31/h6-16H,17H2,1-5H3,(H2,28,29,30). The summed E-state index contributed by atoms with van der Waals surface area (Å²) in [5.41, 5.74) is 8.42. The summed E-state index contributed by atoms with van der Waals surface area (Å²) in [5.74, 6) is 0.764. The van der Waals surface area contributed by atoms with Crippen LogP contribution in [0, 0.1) is 0 Å². The summed E-state index contributed by atoms with van der Waals surface area (Å²) in [4.78, 5) is 10.7. The number of aromatic nitrogens is 2. The molecule has 2 heterocycles. The van der Waals surface area contributed by atoms with Crippen molar-refractivity contribution < 1.29 is 0 Å². The number of benzene rings is 3. The fourth-order valence-corrected chi connectivity index (χ4v) is 4.54. The average molecular weight is 411 g/mol. The van der Waals surface area contributed by atoms with Gasteiger partial charge < -0.3 is 15.2 Å². The van der Waals surface area contributed by atoms with Crippen LogP contribution in [0.5, 0.6) is 0 Å². The summed E-state index contributed by atoms with van der Waals surface area (Å²) in [5, 5.41) is 3.55. The maximum atomic E-state index is 4.79. The van der Waals surface area contributed by atoms with E-state index in [2.05, 4.69) is 117 Å². The first-order chi connectivity index (χ1) is 14.7. The average Bonchev–Trinajstić information content (AvgIpc) is 3.25. The van der Waals surface area contributed by atoms with Crippen molar-refractivity contribution in [3.63, 3.8) is 0 Å². The minimum atomic E-state index is 0.104. The van der Waals surface area contributed by atoms with Crippen LogP contribution in [0.25, 0.3) is 11.0 Å². The zero-order chi connectivity index (χ0) is 21.8. The Hall–Kier alpha value is -3.27. The highest BCUT2D eigenvalue weighted by atomic mass is 15.2. The molecule has 0 unspecified atom stereocenters. The fourth-order valence-electron chi connectivity index (χ4n) is 4.54. The van der Waals surface area contributed by atoms with Gasteiger partial charge in [0.2, 0.25) is 5.95 Å². The fraction of sp³-hybridized carbons (Fsp3) is 0.296. The molecule has 4 nitrogen and oxygen atoms in total. The first kappa shape index (κ1) is 19.7. The van der Waals surface area contributed by atoms with Gasteiger partial charge in [-0.15, -0.1) is 0 Å². The molecule has 0 fully saturated rings. The Labute approximate surface area is 184 Å². The molecule has 4 heteroatoms. The highest BCUT2D eigenvalue weighted by molar-refractivity contribution is 5.84. The molecule has 158 valence electrons. The van der Waals surface area contributed by atoms with Gasteiger partial charge in [-0.25, -0.2) is 4.98 Å². The van der Waals surface area contributed by atoms with Crippen LogP contribution < -0.4 is 10.2 Å². The maximum Gasteiger partial charge on any atom is 0.205 e. The third kappa shape index (κ3) is 3.46. The van der Waals surface area contributed by atoms with Crippen LogP contribution >= 0.6 is 0 Å².